The molecule has 0 fully saturated rings. The molecule has 1 atom stereocenters. The topological polar surface area (TPSA) is 74.6 Å². The second-order valence-electron chi connectivity index (χ2n) is 9.30. The Bertz CT molecular complexity index is 1250. The Morgan fingerprint density at radius 1 is 1.00 bits per heavy atom. The fourth-order valence-electron chi connectivity index (χ4n) is 5.61. The molecule has 0 saturated carbocycles. The van der Waals surface area contributed by atoms with E-state index < -0.39 is 6.04 Å². The number of hydrogen-bond donors (Lipinski definition) is 2. The molecule has 2 N–H and O–H groups in total. The van der Waals surface area contributed by atoms with Crippen LogP contribution in [-0.4, -0.2) is 24.3 Å². The molecule has 0 bridgehead atoms. The van der Waals surface area contributed by atoms with E-state index in [9.17, 15) is 9.59 Å². The summed E-state index contributed by atoms with van der Waals surface area (Å²) in [4.78, 5) is 28.6. The minimum atomic E-state index is -0.458. The molecule has 1 aromatic heterocycles. The first-order chi connectivity index (χ1) is 16.7. The number of carbonyl (C=O) groups excluding carboxylic acids is 2. The fraction of sp³-hybridized carbons (Fsp3) is 0.286. The first-order valence-electron chi connectivity index (χ1n) is 12.0. The molecular weight excluding hydrogens is 426 g/mol. The Morgan fingerprint density at radius 3 is 2.53 bits per heavy atom. The lowest BCUT2D eigenvalue weighted by atomic mass is 9.88. The van der Waals surface area contributed by atoms with Crippen molar-refractivity contribution in [2.45, 2.75) is 44.2 Å². The predicted molar refractivity (Wildman–Crippen MR) is 131 cm³/mol. The van der Waals surface area contributed by atoms with Gasteiger partial charge in [-0.15, -0.1) is 0 Å². The van der Waals surface area contributed by atoms with Crippen LogP contribution in [0.3, 0.4) is 0 Å². The molecule has 3 aliphatic rings. The van der Waals surface area contributed by atoms with Gasteiger partial charge < -0.3 is 20.0 Å². The molecule has 2 heterocycles. The molecule has 6 rings (SSSR count). The molecule has 3 aromatic rings. The number of allylic oxidation sites excluding steroid dienone is 1. The quantitative estimate of drug-likeness (QED) is 0.607. The maximum atomic E-state index is 13.4. The maximum Gasteiger partial charge on any atom is 0.239 e. The number of carbonyl (C=O) groups is 2. The van der Waals surface area contributed by atoms with Crippen LogP contribution in [0.5, 0.6) is 0 Å². The summed E-state index contributed by atoms with van der Waals surface area (Å²) >= 11 is 0. The van der Waals surface area contributed by atoms with Gasteiger partial charge in [-0.1, -0.05) is 36.4 Å². The number of hydrogen-bond acceptors (Lipinski definition) is 5. The third-order valence-electron chi connectivity index (χ3n) is 7.08. The van der Waals surface area contributed by atoms with Crippen molar-refractivity contribution >= 4 is 23.1 Å². The molecule has 0 radical (unpaired) electrons. The highest BCUT2D eigenvalue weighted by Crippen LogP contribution is 2.44. The van der Waals surface area contributed by atoms with Crippen LogP contribution >= 0.6 is 0 Å². The first kappa shape index (κ1) is 20.8. The third-order valence-corrected chi connectivity index (χ3v) is 7.08. The van der Waals surface area contributed by atoms with Crippen molar-refractivity contribution in [3.63, 3.8) is 0 Å². The zero-order valence-corrected chi connectivity index (χ0v) is 18.9. The molecule has 0 spiro atoms. The van der Waals surface area contributed by atoms with E-state index in [0.717, 1.165) is 42.8 Å². The summed E-state index contributed by atoms with van der Waals surface area (Å²) in [5.41, 5.74) is 6.02. The number of Topliss-reactive ketones (excluding diaryl/α,β-unsaturated/α-hetero) is 1. The molecular formula is C28H27N3O3. The summed E-state index contributed by atoms with van der Waals surface area (Å²) < 4.78 is 5.84. The summed E-state index contributed by atoms with van der Waals surface area (Å²) in [5.74, 6) is 0.721. The Kier molecular flexibility index (Phi) is 5.21. The molecule has 172 valence electrons. The third kappa shape index (κ3) is 3.69. The molecule has 0 unspecified atom stereocenters. The molecule has 34 heavy (non-hydrogen) atoms. The molecule has 0 saturated heterocycles. The molecule has 2 aliphatic carbocycles. The van der Waals surface area contributed by atoms with E-state index in [4.69, 9.17) is 4.42 Å². The smallest absolute Gasteiger partial charge is 0.239 e. The van der Waals surface area contributed by atoms with Crippen molar-refractivity contribution in [2.24, 2.45) is 0 Å². The summed E-state index contributed by atoms with van der Waals surface area (Å²) in [6, 6.07) is 19.6. The Balaban J connectivity index is 1.35. The fourth-order valence-corrected chi connectivity index (χ4v) is 5.61. The number of nitrogens with zero attached hydrogens (tertiary/aromatic N) is 1. The minimum absolute atomic E-state index is 0.0588. The Labute approximate surface area is 198 Å². The van der Waals surface area contributed by atoms with Crippen molar-refractivity contribution in [3.8, 4) is 0 Å². The average Bonchev–Trinajstić information content (AvgIpc) is 3.48. The summed E-state index contributed by atoms with van der Waals surface area (Å²) in [5, 5.41) is 6.76. The number of benzene rings is 2. The number of fused-ring (bicyclic) bond motifs is 2. The van der Waals surface area contributed by atoms with Crippen LogP contribution in [-0.2, 0) is 22.4 Å². The van der Waals surface area contributed by atoms with Crippen molar-refractivity contribution in [1.82, 2.24) is 5.32 Å². The second kappa shape index (κ2) is 8.52. The van der Waals surface area contributed by atoms with E-state index in [2.05, 4.69) is 22.8 Å². The van der Waals surface area contributed by atoms with Gasteiger partial charge in [-0.3, -0.25) is 9.59 Å². The van der Waals surface area contributed by atoms with Gasteiger partial charge in [0.05, 0.1) is 24.2 Å². The van der Waals surface area contributed by atoms with Crippen LogP contribution in [0, 0.1) is 0 Å². The van der Waals surface area contributed by atoms with Crippen LogP contribution in [0.1, 0.15) is 42.2 Å². The summed E-state index contributed by atoms with van der Waals surface area (Å²) in [7, 11) is 0. The highest BCUT2D eigenvalue weighted by Gasteiger charge is 2.39. The lowest BCUT2D eigenvalue weighted by Gasteiger charge is -2.33. The molecule has 1 amide bonds. The number of furan rings is 1. The van der Waals surface area contributed by atoms with Crippen LogP contribution < -0.4 is 15.5 Å². The zero-order valence-electron chi connectivity index (χ0n) is 18.9. The van der Waals surface area contributed by atoms with Gasteiger partial charge in [0.25, 0.3) is 0 Å². The highest BCUT2D eigenvalue weighted by atomic mass is 16.3. The van der Waals surface area contributed by atoms with Gasteiger partial charge in [-0.2, -0.15) is 0 Å². The predicted octanol–water partition coefficient (Wildman–Crippen LogP) is 4.54. The number of amides is 1. The van der Waals surface area contributed by atoms with Crippen LogP contribution in [0.15, 0.2) is 82.6 Å². The second-order valence-corrected chi connectivity index (χ2v) is 9.30. The SMILES string of the molecule is O=C(CN1c2ccccc2NC2=C(C(=O)CCC2)[C@@H]1c1ccco1)NC1Cc2ccccc2C1. The minimum Gasteiger partial charge on any atom is -0.467 e. The van der Waals surface area contributed by atoms with Crippen molar-refractivity contribution in [3.05, 3.63) is 95.1 Å². The largest absolute Gasteiger partial charge is 0.467 e. The van der Waals surface area contributed by atoms with E-state index in [0.29, 0.717) is 17.8 Å². The van der Waals surface area contributed by atoms with Crippen LogP contribution in [0.25, 0.3) is 0 Å². The monoisotopic (exact) mass is 453 g/mol. The van der Waals surface area contributed by atoms with E-state index in [1.54, 1.807) is 6.26 Å². The Morgan fingerprint density at radius 2 is 1.76 bits per heavy atom. The zero-order chi connectivity index (χ0) is 23.1. The van der Waals surface area contributed by atoms with Crippen LogP contribution in [0.2, 0.25) is 0 Å². The van der Waals surface area contributed by atoms with Crippen LogP contribution in [0.4, 0.5) is 11.4 Å². The number of anilines is 2. The van der Waals surface area contributed by atoms with Crippen molar-refractivity contribution in [2.75, 3.05) is 16.8 Å². The lowest BCUT2D eigenvalue weighted by molar-refractivity contribution is -0.121. The van der Waals surface area contributed by atoms with E-state index in [1.807, 2.05) is 53.4 Å². The maximum absolute atomic E-state index is 13.4. The normalized spacial score (nSPS) is 19.7. The first-order valence-corrected chi connectivity index (χ1v) is 12.0. The van der Waals surface area contributed by atoms with E-state index in [1.165, 1.54) is 11.1 Å². The summed E-state index contributed by atoms with van der Waals surface area (Å²) in [6.07, 6.45) is 5.44. The van der Waals surface area contributed by atoms with Gasteiger partial charge >= 0.3 is 0 Å². The number of nitrogens with one attached hydrogen (secondary N) is 2. The van der Waals surface area contributed by atoms with Gasteiger partial charge in [0.15, 0.2) is 5.78 Å². The van der Waals surface area contributed by atoms with Gasteiger partial charge in [0.1, 0.15) is 11.8 Å². The van der Waals surface area contributed by atoms with Gasteiger partial charge in [0.2, 0.25) is 5.91 Å². The Hall–Kier alpha value is -3.80. The highest BCUT2D eigenvalue weighted by molar-refractivity contribution is 6.01. The van der Waals surface area contributed by atoms with Gasteiger partial charge in [-0.05, 0) is 61.1 Å². The van der Waals surface area contributed by atoms with Gasteiger partial charge in [-0.25, -0.2) is 0 Å². The average molecular weight is 454 g/mol. The standard InChI is InChI=1S/C28H27N3O3/c32-24-12-5-10-22-27(24)28(25-13-6-14-34-25)31(23-11-4-3-9-21(23)30-22)17-26(33)29-20-15-18-7-1-2-8-19(18)16-20/h1-4,6-9,11,13-14,20,28,30H,5,10,12,15-17H2,(H,29,33)/t28-/m0/s1. The van der Waals surface area contributed by atoms with Crippen molar-refractivity contribution in [1.29, 1.82) is 0 Å². The van der Waals surface area contributed by atoms with E-state index >= 15 is 0 Å². The summed E-state index contributed by atoms with van der Waals surface area (Å²) in [6.45, 7) is 0.126. The molecule has 2 aromatic carbocycles. The number of ketones is 1. The molecule has 1 aliphatic heterocycles. The molecule has 6 nitrogen and oxygen atoms in total. The van der Waals surface area contributed by atoms with Crippen molar-refractivity contribution < 1.29 is 14.0 Å². The van der Waals surface area contributed by atoms with E-state index in [-0.39, 0.29) is 24.3 Å². The van der Waals surface area contributed by atoms with Gasteiger partial charge in [0, 0.05) is 23.7 Å². The number of para-hydroxylation sites is 2. The lowest BCUT2D eigenvalue weighted by Crippen LogP contribution is -2.44. The number of rotatable bonds is 4. The molecule has 6 heteroatoms.